The molecular formula is C10H19N3O7S2. The molecule has 0 aliphatic carbocycles. The van der Waals surface area contributed by atoms with E-state index in [-0.39, 0.29) is 11.5 Å². The van der Waals surface area contributed by atoms with Gasteiger partial charge in [0.2, 0.25) is 0 Å². The third kappa shape index (κ3) is 6.37. The second-order valence-corrected chi connectivity index (χ2v) is 4.73. The van der Waals surface area contributed by atoms with Gasteiger partial charge in [-0.3, -0.25) is 14.4 Å². The maximum absolute atomic E-state index is 11.6. The molecule has 0 radical (unpaired) electrons. The van der Waals surface area contributed by atoms with Crippen LogP contribution >= 0.6 is 25.3 Å². The van der Waals surface area contributed by atoms with Crippen molar-refractivity contribution in [1.82, 2.24) is 16.0 Å². The quantitative estimate of drug-likeness (QED) is 0.121. The van der Waals surface area contributed by atoms with E-state index in [4.69, 9.17) is 10.2 Å². The number of carboxylic acids is 2. The Balaban J connectivity index is 5.31. The second kappa shape index (κ2) is 10.6. The van der Waals surface area contributed by atoms with Gasteiger partial charge in [0, 0.05) is 11.5 Å². The molecular weight excluding hydrogens is 338 g/mol. The third-order valence-electron chi connectivity index (χ3n) is 2.51. The lowest BCUT2D eigenvalue weighted by Gasteiger charge is -2.33. The van der Waals surface area contributed by atoms with Crippen LogP contribution in [0, 0.1) is 0 Å². The minimum atomic E-state index is -1.37. The third-order valence-corrected chi connectivity index (χ3v) is 3.24. The number of hydrazine groups is 2. The summed E-state index contributed by atoms with van der Waals surface area (Å²) in [5.74, 6) is -3.74. The van der Waals surface area contributed by atoms with Crippen molar-refractivity contribution in [1.29, 1.82) is 0 Å². The van der Waals surface area contributed by atoms with E-state index in [0.717, 1.165) is 12.2 Å². The van der Waals surface area contributed by atoms with E-state index in [1.807, 2.05) is 0 Å². The summed E-state index contributed by atoms with van der Waals surface area (Å²) in [6.07, 6.45) is 0. The molecule has 0 saturated heterocycles. The van der Waals surface area contributed by atoms with E-state index in [1.165, 1.54) is 0 Å². The fourth-order valence-corrected chi connectivity index (χ4v) is 1.77. The van der Waals surface area contributed by atoms with Crippen LogP contribution in [0.2, 0.25) is 0 Å². The summed E-state index contributed by atoms with van der Waals surface area (Å²) in [5, 5.41) is 28.1. The van der Waals surface area contributed by atoms with Gasteiger partial charge in [0.25, 0.3) is 0 Å². The highest BCUT2D eigenvalue weighted by molar-refractivity contribution is 7.80. The van der Waals surface area contributed by atoms with Crippen molar-refractivity contribution in [3.05, 3.63) is 0 Å². The second-order valence-electron chi connectivity index (χ2n) is 4.00. The highest BCUT2D eigenvalue weighted by Gasteiger charge is 2.32. The first-order valence-corrected chi connectivity index (χ1v) is 7.26. The van der Waals surface area contributed by atoms with Crippen LogP contribution in [-0.2, 0) is 19.1 Å². The maximum Gasteiger partial charge on any atom is 0.328 e. The zero-order chi connectivity index (χ0) is 17.3. The molecule has 0 heterocycles. The molecule has 0 saturated carbocycles. The first-order chi connectivity index (χ1) is 10.3. The molecule has 0 amide bonds. The average molecular weight is 357 g/mol. The van der Waals surface area contributed by atoms with Gasteiger partial charge in [-0.2, -0.15) is 30.4 Å². The summed E-state index contributed by atoms with van der Waals surface area (Å²) in [4.78, 5) is 33.7. The van der Waals surface area contributed by atoms with Crippen LogP contribution in [-0.4, -0.2) is 81.7 Å². The van der Waals surface area contributed by atoms with Crippen LogP contribution in [0.3, 0.4) is 0 Å². The van der Waals surface area contributed by atoms with Crippen molar-refractivity contribution in [3.63, 3.8) is 0 Å². The van der Waals surface area contributed by atoms with E-state index < -0.39 is 42.6 Å². The molecule has 0 bridgehead atoms. The van der Waals surface area contributed by atoms with Gasteiger partial charge in [0.15, 0.2) is 6.04 Å². The average Bonchev–Trinajstić information content (AvgIpc) is 2.48. The van der Waals surface area contributed by atoms with E-state index in [0.29, 0.717) is 0 Å². The summed E-state index contributed by atoms with van der Waals surface area (Å²) >= 11 is 7.70. The molecule has 12 heteroatoms. The van der Waals surface area contributed by atoms with Gasteiger partial charge in [-0.25, -0.2) is 10.9 Å². The minimum Gasteiger partial charge on any atom is -0.480 e. The molecule has 0 spiro atoms. The van der Waals surface area contributed by atoms with Crippen LogP contribution in [0.5, 0.6) is 0 Å². The molecule has 0 aliphatic heterocycles. The maximum atomic E-state index is 11.6. The van der Waals surface area contributed by atoms with Crippen LogP contribution in [0.15, 0.2) is 0 Å². The van der Waals surface area contributed by atoms with Crippen molar-refractivity contribution in [3.8, 4) is 0 Å². The Morgan fingerprint density at radius 1 is 1.09 bits per heavy atom. The number of rotatable bonds is 11. The predicted octanol–water partition coefficient (Wildman–Crippen LogP) is -2.40. The van der Waals surface area contributed by atoms with E-state index in [9.17, 15) is 19.5 Å². The first kappa shape index (κ1) is 20.9. The number of aliphatic carboxylic acids is 2. The lowest BCUT2D eigenvalue weighted by Crippen LogP contribution is -2.66. The largest absolute Gasteiger partial charge is 0.480 e. The Labute approximate surface area is 137 Å². The fraction of sp³-hybridized carbons (Fsp3) is 0.700. The summed E-state index contributed by atoms with van der Waals surface area (Å²) in [5.41, 5.74) is 4.75. The lowest BCUT2D eigenvalue weighted by molar-refractivity contribution is -0.159. The number of thiol groups is 2. The standard InChI is InChI=1S/C10H19N3O7S2/c1-20-10(19)7(2-14)13(11-5(3-21)8(15)16)12-6(4-22)9(17)18/h5-7,11-12,14,21-22H,2-4H2,1H3,(H,15,16)(H,17,18)/t5-,6-,7-/m0/s1. The number of carboxylic acid groups (broad SMARTS) is 2. The Morgan fingerprint density at radius 2 is 1.50 bits per heavy atom. The van der Waals surface area contributed by atoms with Crippen molar-refractivity contribution >= 4 is 43.2 Å². The molecule has 3 atom stereocenters. The molecule has 5 N–H and O–H groups in total. The summed E-state index contributed by atoms with van der Waals surface area (Å²) in [6.45, 7) is -0.746. The normalized spacial score (nSPS) is 15.1. The van der Waals surface area contributed by atoms with Gasteiger partial charge in [0.05, 0.1) is 13.7 Å². The predicted molar refractivity (Wildman–Crippen MR) is 81.6 cm³/mol. The monoisotopic (exact) mass is 357 g/mol. The van der Waals surface area contributed by atoms with E-state index in [1.54, 1.807) is 0 Å². The number of hydrogen-bond donors (Lipinski definition) is 7. The molecule has 128 valence electrons. The fourth-order valence-electron chi connectivity index (χ4n) is 1.30. The van der Waals surface area contributed by atoms with Gasteiger partial charge in [-0.1, -0.05) is 0 Å². The number of nitrogens with one attached hydrogen (secondary N) is 2. The molecule has 0 aromatic heterocycles. The molecule has 0 aromatic rings. The molecule has 0 unspecified atom stereocenters. The van der Waals surface area contributed by atoms with Gasteiger partial charge < -0.3 is 20.1 Å². The van der Waals surface area contributed by atoms with Crippen molar-refractivity contribution in [2.75, 3.05) is 25.2 Å². The number of ether oxygens (including phenoxy) is 1. The summed E-state index contributed by atoms with van der Waals surface area (Å²) in [7, 11) is 1.07. The number of aliphatic hydroxyl groups excluding tert-OH is 1. The number of aliphatic hydroxyl groups is 1. The Bertz CT molecular complexity index is 375. The number of methoxy groups -OCH3 is 1. The Hall–Kier alpha value is -1.05. The van der Waals surface area contributed by atoms with Crippen LogP contribution in [0.1, 0.15) is 0 Å². The van der Waals surface area contributed by atoms with Crippen molar-refractivity contribution in [2.24, 2.45) is 0 Å². The molecule has 0 aliphatic rings. The molecule has 10 nitrogen and oxygen atoms in total. The first-order valence-electron chi connectivity index (χ1n) is 5.99. The van der Waals surface area contributed by atoms with Crippen molar-refractivity contribution < 1.29 is 34.4 Å². The Morgan fingerprint density at radius 3 is 1.73 bits per heavy atom. The smallest absolute Gasteiger partial charge is 0.328 e. The van der Waals surface area contributed by atoms with Crippen molar-refractivity contribution in [2.45, 2.75) is 18.1 Å². The van der Waals surface area contributed by atoms with Gasteiger partial charge >= 0.3 is 17.9 Å². The van der Waals surface area contributed by atoms with Gasteiger partial charge in [0.1, 0.15) is 12.1 Å². The number of carbonyl (C=O) groups excluding carboxylic acids is 1. The number of carbonyl (C=O) groups is 3. The molecule has 0 rings (SSSR count). The molecule has 22 heavy (non-hydrogen) atoms. The molecule has 0 aromatic carbocycles. The zero-order valence-corrected chi connectivity index (χ0v) is 13.5. The number of nitrogens with zero attached hydrogens (tertiary/aromatic N) is 1. The SMILES string of the molecule is COC(=O)[C@H](CO)N(N[C@@H](CS)C(=O)O)N[C@@H](CS)C(=O)O. The number of hydrogen-bond acceptors (Lipinski definition) is 10. The lowest BCUT2D eigenvalue weighted by atomic mass is 10.3. The number of esters is 1. The van der Waals surface area contributed by atoms with Gasteiger partial charge in [-0.05, 0) is 0 Å². The summed E-state index contributed by atoms with van der Waals surface area (Å²) in [6, 6.07) is -3.83. The zero-order valence-electron chi connectivity index (χ0n) is 11.7. The highest BCUT2D eigenvalue weighted by atomic mass is 32.1. The van der Waals surface area contributed by atoms with Gasteiger partial charge in [-0.15, -0.1) is 0 Å². The topological polar surface area (TPSA) is 148 Å². The minimum absolute atomic E-state index is 0.147. The van der Waals surface area contributed by atoms with E-state index in [2.05, 4.69) is 40.8 Å². The van der Waals surface area contributed by atoms with E-state index >= 15 is 0 Å². The van der Waals surface area contributed by atoms with Crippen LogP contribution < -0.4 is 10.9 Å². The highest BCUT2D eigenvalue weighted by Crippen LogP contribution is 2.01. The Kier molecular flexibility index (Phi) is 10.1. The summed E-state index contributed by atoms with van der Waals surface area (Å²) < 4.78 is 4.48. The van der Waals surface area contributed by atoms with Crippen LogP contribution in [0.25, 0.3) is 0 Å². The molecule has 0 fully saturated rings. The van der Waals surface area contributed by atoms with Crippen LogP contribution in [0.4, 0.5) is 0 Å².